The van der Waals surface area contributed by atoms with Crippen LogP contribution in [0.4, 0.5) is 0 Å². The van der Waals surface area contributed by atoms with Gasteiger partial charge in [0.25, 0.3) is 0 Å². The summed E-state index contributed by atoms with van der Waals surface area (Å²) >= 11 is 5.77. The maximum absolute atomic E-state index is 11.7. The van der Waals surface area contributed by atoms with Crippen LogP contribution < -0.4 is 0 Å². The van der Waals surface area contributed by atoms with Gasteiger partial charge in [-0.15, -0.1) is 0 Å². The summed E-state index contributed by atoms with van der Waals surface area (Å²) in [5.74, 6) is -2.89. The van der Waals surface area contributed by atoms with E-state index in [9.17, 15) is 19.8 Å². The molecule has 0 bridgehead atoms. The van der Waals surface area contributed by atoms with E-state index in [4.69, 9.17) is 11.6 Å². The van der Waals surface area contributed by atoms with Crippen LogP contribution in [0.2, 0.25) is 5.02 Å². The van der Waals surface area contributed by atoms with Gasteiger partial charge in [0.05, 0.1) is 0 Å². The lowest BCUT2D eigenvalue weighted by Gasteiger charge is -2.26. The molecule has 2 N–H and O–H groups in total. The topological polar surface area (TPSA) is 74.6 Å². The van der Waals surface area contributed by atoms with Crippen molar-refractivity contribution in [3.63, 3.8) is 0 Å². The normalized spacial score (nSPS) is 11.1. The van der Waals surface area contributed by atoms with E-state index in [1.54, 1.807) is 18.2 Å². The molecule has 102 valence electrons. The van der Waals surface area contributed by atoms with Crippen molar-refractivity contribution in [2.24, 2.45) is 0 Å². The van der Waals surface area contributed by atoms with Gasteiger partial charge in [0, 0.05) is 5.02 Å². The largest absolute Gasteiger partial charge is 0.480 e. The maximum Gasteiger partial charge on any atom is 0.330 e. The standard InChI is InChI=1S/C15H11ClO4/c16-12-8-6-11(7-9-12)15(13(17)18,14(19)20)10-4-2-1-3-5-10/h1-9H,(H,17,18)(H,19,20). The predicted octanol–water partition coefficient (Wildman–Crippen LogP) is 2.80. The Morgan fingerprint density at radius 1 is 0.800 bits per heavy atom. The average Bonchev–Trinajstić information content (AvgIpc) is 2.42. The third-order valence-electron chi connectivity index (χ3n) is 3.13. The van der Waals surface area contributed by atoms with Gasteiger partial charge in [-0.1, -0.05) is 54.1 Å². The Morgan fingerprint density at radius 3 is 1.70 bits per heavy atom. The van der Waals surface area contributed by atoms with Crippen molar-refractivity contribution in [1.82, 2.24) is 0 Å². The lowest BCUT2D eigenvalue weighted by molar-refractivity contribution is -0.155. The van der Waals surface area contributed by atoms with Gasteiger partial charge in [0.2, 0.25) is 5.41 Å². The number of carbonyl (C=O) groups is 2. The van der Waals surface area contributed by atoms with Crippen LogP contribution in [0.15, 0.2) is 54.6 Å². The first-order valence-corrected chi connectivity index (χ1v) is 6.15. The molecule has 0 saturated heterocycles. The van der Waals surface area contributed by atoms with E-state index in [1.807, 2.05) is 0 Å². The first-order chi connectivity index (χ1) is 9.49. The molecule has 0 fully saturated rings. The number of aliphatic carboxylic acids is 2. The monoisotopic (exact) mass is 290 g/mol. The quantitative estimate of drug-likeness (QED) is 0.849. The average molecular weight is 291 g/mol. The molecule has 0 aliphatic heterocycles. The number of hydrogen-bond acceptors (Lipinski definition) is 2. The number of halogens is 1. The van der Waals surface area contributed by atoms with Gasteiger partial charge >= 0.3 is 11.9 Å². The van der Waals surface area contributed by atoms with Crippen molar-refractivity contribution in [2.75, 3.05) is 0 Å². The minimum atomic E-state index is -2.15. The molecule has 0 heterocycles. The van der Waals surface area contributed by atoms with E-state index < -0.39 is 17.4 Å². The second-order valence-electron chi connectivity index (χ2n) is 4.23. The summed E-state index contributed by atoms with van der Waals surface area (Å²) in [7, 11) is 0. The number of carboxylic acid groups (broad SMARTS) is 2. The van der Waals surface area contributed by atoms with Crippen molar-refractivity contribution in [2.45, 2.75) is 5.41 Å². The predicted molar refractivity (Wildman–Crippen MR) is 73.9 cm³/mol. The summed E-state index contributed by atoms with van der Waals surface area (Å²) in [6.45, 7) is 0. The van der Waals surface area contributed by atoms with E-state index in [1.165, 1.54) is 36.4 Å². The van der Waals surface area contributed by atoms with Gasteiger partial charge in [-0.25, -0.2) is 0 Å². The molecule has 0 saturated carbocycles. The molecule has 20 heavy (non-hydrogen) atoms. The van der Waals surface area contributed by atoms with Gasteiger partial charge < -0.3 is 10.2 Å². The molecule has 4 nitrogen and oxygen atoms in total. The van der Waals surface area contributed by atoms with Gasteiger partial charge in [0.15, 0.2) is 0 Å². The van der Waals surface area contributed by atoms with Crippen LogP contribution in [-0.2, 0) is 15.0 Å². The highest BCUT2D eigenvalue weighted by atomic mass is 35.5. The van der Waals surface area contributed by atoms with Crippen LogP contribution in [0.5, 0.6) is 0 Å². The number of hydrogen-bond donors (Lipinski definition) is 2. The van der Waals surface area contributed by atoms with Crippen molar-refractivity contribution in [1.29, 1.82) is 0 Å². The minimum Gasteiger partial charge on any atom is -0.480 e. The van der Waals surface area contributed by atoms with Gasteiger partial charge in [-0.05, 0) is 23.3 Å². The van der Waals surface area contributed by atoms with Gasteiger partial charge in [-0.3, -0.25) is 9.59 Å². The molecule has 0 spiro atoms. The highest BCUT2D eigenvalue weighted by Crippen LogP contribution is 2.34. The maximum atomic E-state index is 11.7. The summed E-state index contributed by atoms with van der Waals surface area (Å²) in [6, 6.07) is 13.6. The summed E-state index contributed by atoms with van der Waals surface area (Å²) in [5.41, 5.74) is -1.82. The fourth-order valence-corrected chi connectivity index (χ4v) is 2.27. The summed E-state index contributed by atoms with van der Waals surface area (Å²) in [6.07, 6.45) is 0. The zero-order valence-corrected chi connectivity index (χ0v) is 11.0. The lowest BCUT2D eigenvalue weighted by Crippen LogP contribution is -2.44. The Kier molecular flexibility index (Phi) is 3.77. The first-order valence-electron chi connectivity index (χ1n) is 5.78. The molecule has 0 aliphatic rings. The van der Waals surface area contributed by atoms with Crippen molar-refractivity contribution < 1.29 is 19.8 Å². The molecule has 2 aromatic carbocycles. The minimum absolute atomic E-state index is 0.146. The van der Waals surface area contributed by atoms with Crippen LogP contribution in [0.1, 0.15) is 11.1 Å². The Hall–Kier alpha value is -2.33. The number of benzene rings is 2. The summed E-state index contributed by atoms with van der Waals surface area (Å²) in [5, 5.41) is 19.5. The number of carboxylic acids is 2. The van der Waals surface area contributed by atoms with Crippen LogP contribution >= 0.6 is 11.6 Å². The molecule has 0 aliphatic carbocycles. The van der Waals surface area contributed by atoms with Crippen LogP contribution in [0.3, 0.4) is 0 Å². The highest BCUT2D eigenvalue weighted by molar-refractivity contribution is 6.30. The van der Waals surface area contributed by atoms with Crippen molar-refractivity contribution in [3.05, 3.63) is 70.7 Å². The lowest BCUT2D eigenvalue weighted by atomic mass is 9.74. The van der Waals surface area contributed by atoms with E-state index in [-0.39, 0.29) is 11.1 Å². The second-order valence-corrected chi connectivity index (χ2v) is 4.67. The van der Waals surface area contributed by atoms with E-state index in [2.05, 4.69) is 0 Å². The highest BCUT2D eigenvalue weighted by Gasteiger charge is 2.50. The zero-order chi connectivity index (χ0) is 14.8. The van der Waals surface area contributed by atoms with E-state index >= 15 is 0 Å². The SMILES string of the molecule is O=C(O)C(C(=O)O)(c1ccccc1)c1ccc(Cl)cc1. The Morgan fingerprint density at radius 2 is 1.25 bits per heavy atom. The smallest absolute Gasteiger partial charge is 0.330 e. The number of rotatable bonds is 4. The van der Waals surface area contributed by atoms with E-state index in [0.717, 1.165) is 0 Å². The molecule has 0 atom stereocenters. The Labute approximate surface area is 120 Å². The molecule has 2 aromatic rings. The van der Waals surface area contributed by atoms with Gasteiger partial charge in [0.1, 0.15) is 0 Å². The molecule has 5 heteroatoms. The van der Waals surface area contributed by atoms with Crippen molar-refractivity contribution in [3.8, 4) is 0 Å². The molecular weight excluding hydrogens is 280 g/mol. The molecule has 0 unspecified atom stereocenters. The fourth-order valence-electron chi connectivity index (χ4n) is 2.14. The van der Waals surface area contributed by atoms with Crippen LogP contribution in [0.25, 0.3) is 0 Å². The molecule has 0 aromatic heterocycles. The first kappa shape index (κ1) is 14.1. The van der Waals surface area contributed by atoms with Gasteiger partial charge in [-0.2, -0.15) is 0 Å². The third kappa shape index (κ3) is 2.14. The van der Waals surface area contributed by atoms with Crippen LogP contribution in [0, 0.1) is 0 Å². The Bertz CT molecular complexity index is 621. The third-order valence-corrected chi connectivity index (χ3v) is 3.38. The molecule has 0 amide bonds. The van der Waals surface area contributed by atoms with E-state index in [0.29, 0.717) is 5.02 Å². The molecule has 2 rings (SSSR count). The van der Waals surface area contributed by atoms with Crippen molar-refractivity contribution >= 4 is 23.5 Å². The fraction of sp³-hybridized carbons (Fsp3) is 0.0667. The molecule has 0 radical (unpaired) electrons. The summed E-state index contributed by atoms with van der Waals surface area (Å²) in [4.78, 5) is 23.5. The summed E-state index contributed by atoms with van der Waals surface area (Å²) < 4.78 is 0. The van der Waals surface area contributed by atoms with Crippen LogP contribution in [-0.4, -0.2) is 22.2 Å². The Balaban J connectivity index is 2.75. The second kappa shape index (κ2) is 5.35. The molecular formula is C15H11ClO4. The zero-order valence-electron chi connectivity index (χ0n) is 10.3.